The third kappa shape index (κ3) is 4.61. The molecule has 2 aromatic rings. The van der Waals surface area contributed by atoms with E-state index in [0.717, 1.165) is 21.5 Å². The summed E-state index contributed by atoms with van der Waals surface area (Å²) in [6, 6.07) is 9.08. The number of hydrogen-bond acceptors (Lipinski definition) is 4. The summed E-state index contributed by atoms with van der Waals surface area (Å²) in [5.74, 6) is 1.44. The highest BCUT2D eigenvalue weighted by Crippen LogP contribution is 2.22. The van der Waals surface area contributed by atoms with Gasteiger partial charge in [0.25, 0.3) is 0 Å². The molecule has 6 heteroatoms. The van der Waals surface area contributed by atoms with Crippen LogP contribution >= 0.6 is 15.9 Å². The maximum Gasteiger partial charge on any atom is 0.237 e. The summed E-state index contributed by atoms with van der Waals surface area (Å²) < 4.78 is 11.5. The number of amides is 1. The highest BCUT2D eigenvalue weighted by Gasteiger charge is 2.13. The van der Waals surface area contributed by atoms with Crippen LogP contribution in [-0.4, -0.2) is 19.1 Å². The monoisotopic (exact) mass is 366 g/mol. The van der Waals surface area contributed by atoms with Crippen molar-refractivity contribution in [3.63, 3.8) is 0 Å². The van der Waals surface area contributed by atoms with E-state index in [2.05, 4.69) is 26.6 Å². The van der Waals surface area contributed by atoms with Crippen molar-refractivity contribution in [3.05, 3.63) is 52.4 Å². The lowest BCUT2D eigenvalue weighted by atomic mass is 10.2. The van der Waals surface area contributed by atoms with Crippen LogP contribution in [0.3, 0.4) is 0 Å². The molecule has 0 radical (unpaired) electrons. The minimum absolute atomic E-state index is 0.0784. The van der Waals surface area contributed by atoms with Gasteiger partial charge in [-0.3, -0.25) is 4.79 Å². The number of rotatable bonds is 7. The maximum absolute atomic E-state index is 12.0. The molecule has 2 N–H and O–H groups in total. The summed E-state index contributed by atoms with van der Waals surface area (Å²) in [6.07, 6.45) is 1.59. The molecule has 0 aliphatic carbocycles. The van der Waals surface area contributed by atoms with Gasteiger partial charge in [-0.05, 0) is 37.3 Å². The fourth-order valence-electron chi connectivity index (χ4n) is 1.98. The van der Waals surface area contributed by atoms with Crippen LogP contribution in [0.15, 0.2) is 45.5 Å². The molecule has 0 aliphatic heterocycles. The Hall–Kier alpha value is -1.79. The molecule has 1 aromatic heterocycles. The second kappa shape index (κ2) is 8.00. The van der Waals surface area contributed by atoms with Crippen LogP contribution in [0.2, 0.25) is 0 Å². The molecule has 1 atom stereocenters. The SMILES string of the molecule is COc1ccc(Br)cc1CNC(C)C(=O)NCc1ccco1. The van der Waals surface area contributed by atoms with E-state index in [0.29, 0.717) is 13.1 Å². The zero-order valence-electron chi connectivity index (χ0n) is 12.6. The first-order valence-corrected chi connectivity index (χ1v) is 7.75. The van der Waals surface area contributed by atoms with Crippen LogP contribution in [0.4, 0.5) is 0 Å². The average Bonchev–Trinajstić information content (AvgIpc) is 3.03. The normalized spacial score (nSPS) is 12.0. The standard InChI is InChI=1S/C16H19BrN2O3/c1-11(16(20)19-10-14-4-3-7-22-14)18-9-12-8-13(17)5-6-15(12)21-2/h3-8,11,18H,9-10H2,1-2H3,(H,19,20). The van der Waals surface area contributed by atoms with Gasteiger partial charge in [0.15, 0.2) is 0 Å². The van der Waals surface area contributed by atoms with Crippen molar-refractivity contribution in [2.24, 2.45) is 0 Å². The van der Waals surface area contributed by atoms with E-state index in [1.54, 1.807) is 19.4 Å². The largest absolute Gasteiger partial charge is 0.496 e. The van der Waals surface area contributed by atoms with Crippen molar-refractivity contribution >= 4 is 21.8 Å². The van der Waals surface area contributed by atoms with E-state index in [4.69, 9.17) is 9.15 Å². The number of carbonyl (C=O) groups excluding carboxylic acids is 1. The highest BCUT2D eigenvalue weighted by atomic mass is 79.9. The van der Waals surface area contributed by atoms with Crippen molar-refractivity contribution in [2.45, 2.75) is 26.1 Å². The second-order valence-electron chi connectivity index (χ2n) is 4.86. The van der Waals surface area contributed by atoms with Crippen molar-refractivity contribution in [1.82, 2.24) is 10.6 Å². The molecule has 0 spiro atoms. The minimum atomic E-state index is -0.321. The number of nitrogens with one attached hydrogen (secondary N) is 2. The Balaban J connectivity index is 1.85. The molecule has 118 valence electrons. The van der Waals surface area contributed by atoms with Crippen LogP contribution in [0.5, 0.6) is 5.75 Å². The Kier molecular flexibility index (Phi) is 6.03. The minimum Gasteiger partial charge on any atom is -0.496 e. The van der Waals surface area contributed by atoms with Gasteiger partial charge in [0.1, 0.15) is 11.5 Å². The molecular formula is C16H19BrN2O3. The van der Waals surface area contributed by atoms with Crippen molar-refractivity contribution < 1.29 is 13.9 Å². The van der Waals surface area contributed by atoms with Crippen LogP contribution in [0, 0.1) is 0 Å². The number of halogens is 1. The summed E-state index contributed by atoms with van der Waals surface area (Å²) in [5, 5.41) is 6.01. The lowest BCUT2D eigenvalue weighted by Gasteiger charge is -2.15. The van der Waals surface area contributed by atoms with Gasteiger partial charge in [-0.1, -0.05) is 15.9 Å². The quantitative estimate of drug-likeness (QED) is 0.790. The van der Waals surface area contributed by atoms with E-state index in [-0.39, 0.29) is 11.9 Å². The average molecular weight is 367 g/mol. The molecule has 0 bridgehead atoms. The predicted molar refractivity (Wildman–Crippen MR) is 87.6 cm³/mol. The number of carbonyl (C=O) groups is 1. The lowest BCUT2D eigenvalue weighted by Crippen LogP contribution is -2.41. The lowest BCUT2D eigenvalue weighted by molar-refractivity contribution is -0.123. The highest BCUT2D eigenvalue weighted by molar-refractivity contribution is 9.10. The smallest absolute Gasteiger partial charge is 0.237 e. The zero-order valence-corrected chi connectivity index (χ0v) is 14.1. The molecule has 0 saturated carbocycles. The molecular weight excluding hydrogens is 348 g/mol. The topological polar surface area (TPSA) is 63.5 Å². The Labute approximate surface area is 138 Å². The van der Waals surface area contributed by atoms with Gasteiger partial charge in [-0.2, -0.15) is 0 Å². The van der Waals surface area contributed by atoms with Gasteiger partial charge in [0.05, 0.1) is 26.0 Å². The summed E-state index contributed by atoms with van der Waals surface area (Å²) in [5.41, 5.74) is 0.988. The third-order valence-electron chi connectivity index (χ3n) is 3.25. The number of hydrogen-bond donors (Lipinski definition) is 2. The predicted octanol–water partition coefficient (Wildman–Crippen LogP) is 2.85. The molecule has 1 heterocycles. The number of methoxy groups -OCH3 is 1. The zero-order chi connectivity index (χ0) is 15.9. The first kappa shape index (κ1) is 16.6. The third-order valence-corrected chi connectivity index (χ3v) is 3.74. The molecule has 1 amide bonds. The Morgan fingerprint density at radius 2 is 2.18 bits per heavy atom. The van der Waals surface area contributed by atoms with E-state index in [1.807, 2.05) is 31.2 Å². The first-order chi connectivity index (χ1) is 10.6. The van der Waals surface area contributed by atoms with Crippen LogP contribution in [0.1, 0.15) is 18.2 Å². The fraction of sp³-hybridized carbons (Fsp3) is 0.312. The first-order valence-electron chi connectivity index (χ1n) is 6.96. The van der Waals surface area contributed by atoms with Crippen LogP contribution in [-0.2, 0) is 17.9 Å². The molecule has 1 unspecified atom stereocenters. The molecule has 2 rings (SSSR count). The van der Waals surface area contributed by atoms with Gasteiger partial charge in [-0.15, -0.1) is 0 Å². The van der Waals surface area contributed by atoms with Gasteiger partial charge >= 0.3 is 0 Å². The molecule has 5 nitrogen and oxygen atoms in total. The second-order valence-corrected chi connectivity index (χ2v) is 5.77. The molecule has 1 aromatic carbocycles. The molecule has 22 heavy (non-hydrogen) atoms. The van der Waals surface area contributed by atoms with Crippen molar-refractivity contribution in [3.8, 4) is 5.75 Å². The van der Waals surface area contributed by atoms with Crippen LogP contribution in [0.25, 0.3) is 0 Å². The van der Waals surface area contributed by atoms with Crippen LogP contribution < -0.4 is 15.4 Å². The van der Waals surface area contributed by atoms with Crippen molar-refractivity contribution in [1.29, 1.82) is 0 Å². The molecule has 0 saturated heterocycles. The van der Waals surface area contributed by atoms with Crippen molar-refractivity contribution in [2.75, 3.05) is 7.11 Å². The fourth-order valence-corrected chi connectivity index (χ4v) is 2.39. The summed E-state index contributed by atoms with van der Waals surface area (Å²) >= 11 is 3.44. The van der Waals surface area contributed by atoms with E-state index in [1.165, 1.54) is 0 Å². The van der Waals surface area contributed by atoms with Gasteiger partial charge in [0, 0.05) is 16.6 Å². The summed E-state index contributed by atoms with van der Waals surface area (Å²) in [7, 11) is 1.63. The van der Waals surface area contributed by atoms with Gasteiger partial charge < -0.3 is 19.8 Å². The number of ether oxygens (including phenoxy) is 1. The summed E-state index contributed by atoms with van der Waals surface area (Å²) in [4.78, 5) is 12.0. The van der Waals surface area contributed by atoms with E-state index >= 15 is 0 Å². The Bertz CT molecular complexity index is 614. The molecule has 0 fully saturated rings. The maximum atomic E-state index is 12.0. The Morgan fingerprint density at radius 1 is 1.36 bits per heavy atom. The van der Waals surface area contributed by atoms with E-state index in [9.17, 15) is 4.79 Å². The molecule has 0 aliphatic rings. The van der Waals surface area contributed by atoms with Gasteiger partial charge in [0.2, 0.25) is 5.91 Å². The van der Waals surface area contributed by atoms with Gasteiger partial charge in [-0.25, -0.2) is 0 Å². The summed E-state index contributed by atoms with van der Waals surface area (Å²) in [6.45, 7) is 2.75. The number of benzene rings is 1. The van der Waals surface area contributed by atoms with E-state index < -0.39 is 0 Å². The Morgan fingerprint density at radius 3 is 2.86 bits per heavy atom. The number of furan rings is 1.